The zero-order valence-electron chi connectivity index (χ0n) is 16.9. The number of nitrogens with zero attached hydrogens (tertiary/aromatic N) is 5. The minimum absolute atomic E-state index is 0.393. The summed E-state index contributed by atoms with van der Waals surface area (Å²) in [4.78, 5) is 9.06. The lowest BCUT2D eigenvalue weighted by molar-refractivity contribution is 0.0681. The predicted molar refractivity (Wildman–Crippen MR) is 113 cm³/mol. The molecule has 1 saturated carbocycles. The third-order valence-electron chi connectivity index (χ3n) is 6.01. The van der Waals surface area contributed by atoms with Crippen molar-refractivity contribution in [2.45, 2.75) is 51.2 Å². The highest BCUT2D eigenvalue weighted by atomic mass is 16.5. The van der Waals surface area contributed by atoms with E-state index in [1.165, 1.54) is 5.69 Å². The molecule has 0 amide bonds. The number of methoxy groups -OCH3 is 1. The van der Waals surface area contributed by atoms with Crippen molar-refractivity contribution in [1.82, 2.24) is 24.0 Å². The van der Waals surface area contributed by atoms with E-state index in [1.807, 2.05) is 23.1 Å². The molecule has 5 rings (SSSR count). The van der Waals surface area contributed by atoms with Crippen LogP contribution in [0, 0.1) is 0 Å². The minimum Gasteiger partial charge on any atom is -0.381 e. The molecule has 0 radical (unpaired) electrons. The summed E-state index contributed by atoms with van der Waals surface area (Å²) in [6.07, 6.45) is 13.7. The Morgan fingerprint density at radius 3 is 2.76 bits per heavy atom. The van der Waals surface area contributed by atoms with Crippen molar-refractivity contribution in [3.05, 3.63) is 48.7 Å². The van der Waals surface area contributed by atoms with Crippen molar-refractivity contribution < 1.29 is 4.74 Å². The smallest absolute Gasteiger partial charge is 0.241 e. The number of aromatic nitrogens is 5. The maximum absolute atomic E-state index is 5.46. The number of hydrogen-bond acceptors (Lipinski definition) is 5. The van der Waals surface area contributed by atoms with Crippen molar-refractivity contribution in [2.24, 2.45) is 0 Å². The quantitative estimate of drug-likeness (QED) is 0.558. The summed E-state index contributed by atoms with van der Waals surface area (Å²) in [6, 6.07) is 6.68. The summed E-state index contributed by atoms with van der Waals surface area (Å²) < 4.78 is 9.53. The van der Waals surface area contributed by atoms with Crippen LogP contribution in [0.1, 0.15) is 38.3 Å². The molecule has 0 bridgehead atoms. The molecule has 1 aliphatic carbocycles. The van der Waals surface area contributed by atoms with Gasteiger partial charge in [-0.2, -0.15) is 0 Å². The molecule has 1 N–H and O–H groups in total. The van der Waals surface area contributed by atoms with Crippen LogP contribution < -0.4 is 5.32 Å². The maximum Gasteiger partial charge on any atom is 0.241 e. The van der Waals surface area contributed by atoms with Gasteiger partial charge in [-0.05, 0) is 50.3 Å². The summed E-state index contributed by atoms with van der Waals surface area (Å²) in [5.74, 6) is 0.679. The zero-order valence-corrected chi connectivity index (χ0v) is 16.9. The average molecular weight is 390 g/mol. The molecule has 0 aliphatic heterocycles. The van der Waals surface area contributed by atoms with E-state index in [1.54, 1.807) is 7.11 Å². The number of aryl methyl sites for hydroxylation is 1. The first-order valence-electron chi connectivity index (χ1n) is 10.3. The second-order valence-electron chi connectivity index (χ2n) is 7.74. The van der Waals surface area contributed by atoms with Gasteiger partial charge in [-0.15, -0.1) is 5.10 Å². The van der Waals surface area contributed by atoms with E-state index in [9.17, 15) is 0 Å². The Hall–Kier alpha value is -2.93. The maximum atomic E-state index is 5.46. The van der Waals surface area contributed by atoms with Crippen LogP contribution in [0.5, 0.6) is 0 Å². The molecule has 150 valence electrons. The lowest BCUT2D eigenvalue weighted by atomic mass is 9.93. The molecule has 4 heterocycles. The van der Waals surface area contributed by atoms with Crippen LogP contribution in [0.4, 0.5) is 5.95 Å². The second-order valence-corrected chi connectivity index (χ2v) is 7.74. The Morgan fingerprint density at radius 2 is 1.97 bits per heavy atom. The molecule has 0 unspecified atom stereocenters. The summed E-state index contributed by atoms with van der Waals surface area (Å²) in [6.45, 7) is 2.15. The number of anilines is 1. The molecule has 0 aromatic carbocycles. The van der Waals surface area contributed by atoms with E-state index >= 15 is 0 Å². The number of imidazole rings is 1. The third kappa shape index (κ3) is 3.35. The van der Waals surface area contributed by atoms with Gasteiger partial charge in [-0.25, -0.2) is 14.5 Å². The zero-order chi connectivity index (χ0) is 19.8. The van der Waals surface area contributed by atoms with Crippen molar-refractivity contribution in [2.75, 3.05) is 12.4 Å². The van der Waals surface area contributed by atoms with Crippen molar-refractivity contribution in [3.8, 4) is 11.1 Å². The normalized spacial score (nSPS) is 19.8. The number of pyridine rings is 1. The number of hydrogen-bond donors (Lipinski definition) is 1. The van der Waals surface area contributed by atoms with Gasteiger partial charge in [0.15, 0.2) is 0 Å². The van der Waals surface area contributed by atoms with Crippen LogP contribution in [-0.2, 0) is 11.2 Å². The lowest BCUT2D eigenvalue weighted by Crippen LogP contribution is -2.30. The second kappa shape index (κ2) is 7.48. The fourth-order valence-corrected chi connectivity index (χ4v) is 4.29. The Morgan fingerprint density at radius 1 is 1.10 bits per heavy atom. The third-order valence-corrected chi connectivity index (χ3v) is 6.01. The Balaban J connectivity index is 1.41. The highest BCUT2D eigenvalue weighted by Crippen LogP contribution is 2.27. The van der Waals surface area contributed by atoms with E-state index in [0.717, 1.165) is 54.4 Å². The Labute approximate surface area is 169 Å². The van der Waals surface area contributed by atoms with Crippen LogP contribution in [0.15, 0.2) is 43.0 Å². The fourth-order valence-electron chi connectivity index (χ4n) is 4.29. The van der Waals surface area contributed by atoms with Gasteiger partial charge in [0.05, 0.1) is 17.8 Å². The molecule has 29 heavy (non-hydrogen) atoms. The van der Waals surface area contributed by atoms with E-state index < -0.39 is 0 Å². The van der Waals surface area contributed by atoms with Crippen molar-refractivity contribution in [3.63, 3.8) is 0 Å². The van der Waals surface area contributed by atoms with Gasteiger partial charge in [0.25, 0.3) is 0 Å². The molecule has 0 saturated heterocycles. The van der Waals surface area contributed by atoms with Gasteiger partial charge in [-0.3, -0.25) is 0 Å². The Bertz CT molecular complexity index is 1140. The SMILES string of the molecule is CCc1cnc2ccc(-c3ccn4nc(NC5CCC(OC)CC5)ncc34)cn12. The molecule has 4 aromatic heterocycles. The molecule has 7 nitrogen and oxygen atoms in total. The van der Waals surface area contributed by atoms with E-state index in [4.69, 9.17) is 4.74 Å². The fraction of sp³-hybridized carbons (Fsp3) is 0.409. The van der Waals surface area contributed by atoms with Gasteiger partial charge in [0, 0.05) is 48.6 Å². The Kier molecular flexibility index (Phi) is 4.67. The predicted octanol–water partition coefficient (Wildman–Crippen LogP) is 3.98. The molecule has 1 aliphatic rings. The highest BCUT2D eigenvalue weighted by molar-refractivity contribution is 5.80. The highest BCUT2D eigenvalue weighted by Gasteiger charge is 2.21. The molecule has 0 atom stereocenters. The topological polar surface area (TPSA) is 68.8 Å². The molecule has 1 fully saturated rings. The number of fused-ring (bicyclic) bond motifs is 2. The van der Waals surface area contributed by atoms with Gasteiger partial charge in [-0.1, -0.05) is 6.92 Å². The standard InChI is InChI=1S/C22H26N6O/c1-3-17-12-23-21-9-4-15(14-27(17)21)19-10-11-28-20(19)13-24-22(26-28)25-16-5-7-18(29-2)8-6-16/h4,9-14,16,18H,3,5-8H2,1-2H3,(H,25,26). The summed E-state index contributed by atoms with van der Waals surface area (Å²) >= 11 is 0. The average Bonchev–Trinajstić information content (AvgIpc) is 3.37. The first-order chi connectivity index (χ1) is 14.2. The number of rotatable bonds is 5. The van der Waals surface area contributed by atoms with Crippen LogP contribution in [0.3, 0.4) is 0 Å². The van der Waals surface area contributed by atoms with Crippen LogP contribution in [0.25, 0.3) is 22.3 Å². The summed E-state index contributed by atoms with van der Waals surface area (Å²) in [7, 11) is 1.80. The van der Waals surface area contributed by atoms with Crippen molar-refractivity contribution in [1.29, 1.82) is 0 Å². The summed E-state index contributed by atoms with van der Waals surface area (Å²) in [5.41, 5.74) is 5.43. The van der Waals surface area contributed by atoms with Gasteiger partial charge in [0.1, 0.15) is 5.65 Å². The largest absolute Gasteiger partial charge is 0.381 e. The first-order valence-corrected chi connectivity index (χ1v) is 10.3. The van der Waals surface area contributed by atoms with E-state index in [2.05, 4.69) is 56.1 Å². The molecule has 0 spiro atoms. The number of ether oxygens (including phenoxy) is 1. The number of nitrogens with one attached hydrogen (secondary N) is 1. The van der Waals surface area contributed by atoms with Gasteiger partial charge in [0.2, 0.25) is 5.95 Å². The molecular weight excluding hydrogens is 364 g/mol. The van der Waals surface area contributed by atoms with Crippen LogP contribution in [-0.4, -0.2) is 43.2 Å². The molecular formula is C22H26N6O. The van der Waals surface area contributed by atoms with Gasteiger partial charge < -0.3 is 14.5 Å². The molecule has 7 heteroatoms. The minimum atomic E-state index is 0.393. The van der Waals surface area contributed by atoms with Crippen LogP contribution in [0.2, 0.25) is 0 Å². The monoisotopic (exact) mass is 390 g/mol. The van der Waals surface area contributed by atoms with Crippen LogP contribution >= 0.6 is 0 Å². The lowest BCUT2D eigenvalue weighted by Gasteiger charge is -2.28. The first kappa shape index (κ1) is 18.1. The van der Waals surface area contributed by atoms with E-state index in [-0.39, 0.29) is 0 Å². The van der Waals surface area contributed by atoms with Gasteiger partial charge >= 0.3 is 0 Å². The van der Waals surface area contributed by atoms with E-state index in [0.29, 0.717) is 18.1 Å². The van der Waals surface area contributed by atoms with Crippen molar-refractivity contribution >= 4 is 17.1 Å². The summed E-state index contributed by atoms with van der Waals surface area (Å²) in [5, 5.41) is 8.18. The molecule has 4 aromatic rings.